The van der Waals surface area contributed by atoms with Gasteiger partial charge in [0, 0.05) is 37.8 Å². The fraction of sp³-hybridized carbons (Fsp3) is 0.562. The van der Waals surface area contributed by atoms with Gasteiger partial charge in [-0.3, -0.25) is 4.79 Å². The number of nitrogens with zero attached hydrogens (tertiary/aromatic N) is 4. The normalized spacial score (nSPS) is 23.5. The molecule has 2 aliphatic rings. The van der Waals surface area contributed by atoms with Crippen molar-refractivity contribution in [1.82, 2.24) is 19.9 Å². The number of amides is 1. The van der Waals surface area contributed by atoms with E-state index in [-0.39, 0.29) is 18.0 Å². The summed E-state index contributed by atoms with van der Waals surface area (Å²) in [6, 6.07) is 1.81. The van der Waals surface area contributed by atoms with Crippen LogP contribution in [0.1, 0.15) is 25.7 Å². The molecule has 134 valence electrons. The lowest BCUT2D eigenvalue weighted by Gasteiger charge is -2.41. The Morgan fingerprint density at radius 3 is 2.64 bits per heavy atom. The van der Waals surface area contributed by atoms with Gasteiger partial charge >= 0.3 is 6.18 Å². The van der Waals surface area contributed by atoms with Gasteiger partial charge in [0.25, 0.3) is 0 Å². The van der Waals surface area contributed by atoms with Gasteiger partial charge in [0.2, 0.25) is 5.91 Å². The van der Waals surface area contributed by atoms with E-state index in [9.17, 15) is 18.0 Å². The van der Waals surface area contributed by atoms with Gasteiger partial charge in [-0.2, -0.15) is 13.2 Å². The molecule has 9 heteroatoms. The monoisotopic (exact) mass is 353 g/mol. The highest BCUT2D eigenvalue weighted by atomic mass is 19.4. The van der Waals surface area contributed by atoms with Crippen LogP contribution in [-0.4, -0.2) is 57.1 Å². The number of fused-ring (bicyclic) bond motifs is 3. The van der Waals surface area contributed by atoms with Gasteiger partial charge in [0.15, 0.2) is 0 Å². The average Bonchev–Trinajstić information content (AvgIpc) is 3.14. The Labute approximate surface area is 142 Å². The predicted molar refractivity (Wildman–Crippen MR) is 85.0 cm³/mol. The maximum atomic E-state index is 12.4. The summed E-state index contributed by atoms with van der Waals surface area (Å²) < 4.78 is 37.2. The number of carbonyl (C=O) groups is 1. The molecule has 4 rings (SSSR count). The van der Waals surface area contributed by atoms with E-state index < -0.39 is 19.0 Å². The van der Waals surface area contributed by atoms with E-state index in [0.717, 1.165) is 29.7 Å². The van der Waals surface area contributed by atoms with Crippen molar-refractivity contribution in [2.45, 2.75) is 43.9 Å². The molecule has 1 amide bonds. The van der Waals surface area contributed by atoms with E-state index in [2.05, 4.69) is 19.9 Å². The first-order valence-corrected chi connectivity index (χ1v) is 8.33. The zero-order valence-electron chi connectivity index (χ0n) is 13.5. The van der Waals surface area contributed by atoms with Crippen LogP contribution in [0.4, 0.5) is 19.0 Å². The summed E-state index contributed by atoms with van der Waals surface area (Å²) in [4.78, 5) is 27.7. The molecule has 0 unspecified atom stereocenters. The van der Waals surface area contributed by atoms with E-state index in [1.54, 1.807) is 11.1 Å². The smallest absolute Gasteiger partial charge is 0.352 e. The molecule has 1 N–H and O–H groups in total. The molecule has 0 aliphatic carbocycles. The van der Waals surface area contributed by atoms with Crippen LogP contribution in [0.15, 0.2) is 18.6 Å². The van der Waals surface area contributed by atoms with E-state index in [1.165, 1.54) is 6.33 Å². The molecule has 0 radical (unpaired) electrons. The van der Waals surface area contributed by atoms with Crippen LogP contribution in [0.5, 0.6) is 0 Å². The minimum Gasteiger partial charge on any atom is -0.352 e. The lowest BCUT2D eigenvalue weighted by molar-refractivity contribution is -0.151. The summed E-state index contributed by atoms with van der Waals surface area (Å²) in [5.74, 6) is 0.421. The van der Waals surface area contributed by atoms with Crippen molar-refractivity contribution >= 4 is 22.8 Å². The molecule has 2 fully saturated rings. The van der Waals surface area contributed by atoms with E-state index >= 15 is 0 Å². The molecule has 0 aromatic carbocycles. The number of rotatable bonds is 3. The third-order valence-corrected chi connectivity index (χ3v) is 5.02. The molecular weight excluding hydrogens is 335 g/mol. The summed E-state index contributed by atoms with van der Waals surface area (Å²) in [5.41, 5.74) is 0.751. The van der Waals surface area contributed by atoms with Crippen molar-refractivity contribution in [1.29, 1.82) is 0 Å². The quantitative estimate of drug-likeness (QED) is 0.921. The lowest BCUT2D eigenvalue weighted by atomic mass is 10.1. The van der Waals surface area contributed by atoms with Crippen LogP contribution in [-0.2, 0) is 4.79 Å². The molecule has 2 saturated heterocycles. The number of carbonyl (C=O) groups excluding carboxylic acids is 1. The number of hydrogen-bond acceptors (Lipinski definition) is 4. The van der Waals surface area contributed by atoms with Gasteiger partial charge in [0.1, 0.15) is 17.8 Å². The van der Waals surface area contributed by atoms with Gasteiger partial charge < -0.3 is 14.8 Å². The Balaban J connectivity index is 1.50. The zero-order valence-corrected chi connectivity index (χ0v) is 13.5. The Kier molecular flexibility index (Phi) is 3.81. The second kappa shape index (κ2) is 5.89. The number of halogens is 3. The Morgan fingerprint density at radius 1 is 1.24 bits per heavy atom. The molecule has 2 aromatic heterocycles. The van der Waals surface area contributed by atoms with Crippen LogP contribution < -0.4 is 4.90 Å². The fourth-order valence-electron chi connectivity index (χ4n) is 3.97. The van der Waals surface area contributed by atoms with Crippen molar-refractivity contribution in [2.24, 2.45) is 0 Å². The fourth-order valence-corrected chi connectivity index (χ4v) is 3.97. The van der Waals surface area contributed by atoms with Crippen molar-refractivity contribution in [3.8, 4) is 0 Å². The van der Waals surface area contributed by atoms with E-state index in [4.69, 9.17) is 0 Å². The van der Waals surface area contributed by atoms with Gasteiger partial charge in [-0.25, -0.2) is 9.97 Å². The number of piperazine rings is 1. The number of hydrogen-bond donors (Lipinski definition) is 1. The average molecular weight is 353 g/mol. The van der Waals surface area contributed by atoms with Crippen molar-refractivity contribution in [3.63, 3.8) is 0 Å². The molecule has 2 atom stereocenters. The van der Waals surface area contributed by atoms with Crippen molar-refractivity contribution < 1.29 is 18.0 Å². The summed E-state index contributed by atoms with van der Waals surface area (Å²) in [6.07, 6.45) is -0.878. The number of H-pyrrole nitrogens is 1. The number of alkyl halides is 3. The Hall–Kier alpha value is -2.32. The second-order valence-electron chi connectivity index (χ2n) is 6.64. The standard InChI is InChI=1S/C16H18F3N5O/c17-16(18,19)5-3-13(25)24-10-1-2-11(24)8-23(7-10)15-12-4-6-20-14(12)21-9-22-15/h4,6,9-11H,1-3,5,7-8H2,(H,20,21,22)/t10-,11+. The molecule has 4 heterocycles. The van der Waals surface area contributed by atoms with Crippen LogP contribution in [0, 0.1) is 0 Å². The summed E-state index contributed by atoms with van der Waals surface area (Å²) in [7, 11) is 0. The highest BCUT2D eigenvalue weighted by molar-refractivity contribution is 5.87. The van der Waals surface area contributed by atoms with Crippen molar-refractivity contribution in [2.75, 3.05) is 18.0 Å². The van der Waals surface area contributed by atoms with E-state index in [0.29, 0.717) is 13.1 Å². The highest BCUT2D eigenvalue weighted by Gasteiger charge is 2.43. The number of nitrogens with one attached hydrogen (secondary N) is 1. The summed E-state index contributed by atoms with van der Waals surface area (Å²) in [6.45, 7) is 1.18. The molecule has 2 bridgehead atoms. The van der Waals surface area contributed by atoms with Gasteiger partial charge in [0.05, 0.1) is 11.8 Å². The number of aromatic amines is 1. The van der Waals surface area contributed by atoms with E-state index in [1.807, 2.05) is 6.07 Å². The number of anilines is 1. The van der Waals surface area contributed by atoms with Gasteiger partial charge in [-0.05, 0) is 18.9 Å². The van der Waals surface area contributed by atoms with Crippen LogP contribution in [0.2, 0.25) is 0 Å². The van der Waals surface area contributed by atoms with Crippen LogP contribution in [0.25, 0.3) is 11.0 Å². The maximum Gasteiger partial charge on any atom is 0.389 e. The summed E-state index contributed by atoms with van der Waals surface area (Å²) >= 11 is 0. The molecule has 0 saturated carbocycles. The molecule has 6 nitrogen and oxygen atoms in total. The van der Waals surface area contributed by atoms with Gasteiger partial charge in [-0.1, -0.05) is 0 Å². The Morgan fingerprint density at radius 2 is 1.96 bits per heavy atom. The van der Waals surface area contributed by atoms with Crippen molar-refractivity contribution in [3.05, 3.63) is 18.6 Å². The van der Waals surface area contributed by atoms with Gasteiger partial charge in [-0.15, -0.1) is 0 Å². The lowest BCUT2D eigenvalue weighted by Crippen LogP contribution is -2.56. The first-order valence-electron chi connectivity index (χ1n) is 8.33. The second-order valence-corrected chi connectivity index (χ2v) is 6.64. The summed E-state index contributed by atoms with van der Waals surface area (Å²) in [5, 5.41) is 0.916. The molecule has 2 aliphatic heterocycles. The molecule has 0 spiro atoms. The SMILES string of the molecule is O=C(CCC(F)(F)F)N1[C@@H]2CC[C@H]1CN(c1ncnc3[nH]ccc13)C2. The zero-order chi connectivity index (χ0) is 17.6. The molecular formula is C16H18F3N5O. The highest BCUT2D eigenvalue weighted by Crippen LogP contribution is 2.35. The first kappa shape index (κ1) is 16.2. The Bertz CT molecular complexity index is 775. The largest absolute Gasteiger partial charge is 0.389 e. The predicted octanol–water partition coefficient (Wildman–Crippen LogP) is 2.48. The van der Waals surface area contributed by atoms with Crippen LogP contribution in [0.3, 0.4) is 0 Å². The minimum atomic E-state index is -4.29. The number of aromatic nitrogens is 3. The first-order chi connectivity index (χ1) is 11.9. The molecule has 25 heavy (non-hydrogen) atoms. The third kappa shape index (κ3) is 3.03. The maximum absolute atomic E-state index is 12.4. The minimum absolute atomic E-state index is 0.0524. The van der Waals surface area contributed by atoms with Crippen LogP contribution >= 0.6 is 0 Å². The molecule has 2 aromatic rings. The topological polar surface area (TPSA) is 65.1 Å². The third-order valence-electron chi connectivity index (χ3n) is 5.02.